The first-order chi connectivity index (χ1) is 16.1. The summed E-state index contributed by atoms with van der Waals surface area (Å²) in [7, 11) is 1.38. The summed E-state index contributed by atoms with van der Waals surface area (Å²) in [4.78, 5) is 27.7. The highest BCUT2D eigenvalue weighted by Gasteiger charge is 2.26. The number of rotatable bonds is 9. The van der Waals surface area contributed by atoms with Crippen LogP contribution < -0.4 is 5.32 Å². The fourth-order valence-electron chi connectivity index (χ4n) is 3.88. The number of anilines is 1. The highest BCUT2D eigenvalue weighted by Crippen LogP contribution is 2.38. The topological polar surface area (TPSA) is 86.1 Å². The third kappa shape index (κ3) is 5.56. The molecular formula is C23H26N4O3S3. The number of amides is 1. The van der Waals surface area contributed by atoms with Crippen LogP contribution in [0, 0.1) is 0 Å². The zero-order valence-electron chi connectivity index (χ0n) is 18.5. The molecule has 10 heteroatoms. The Morgan fingerprint density at radius 2 is 2.15 bits per heavy atom. The average Bonchev–Trinajstić information content (AvgIpc) is 3.49. The molecule has 0 atom stereocenters. The van der Waals surface area contributed by atoms with Gasteiger partial charge in [-0.2, -0.15) is 0 Å². The van der Waals surface area contributed by atoms with Crippen molar-refractivity contribution in [3.63, 3.8) is 0 Å². The number of aryl methyl sites for hydroxylation is 1. The molecule has 0 saturated carbocycles. The molecule has 0 fully saturated rings. The number of esters is 1. The molecule has 0 aromatic carbocycles. The molecule has 3 aromatic heterocycles. The first-order valence-corrected chi connectivity index (χ1v) is 13.5. The summed E-state index contributed by atoms with van der Waals surface area (Å²) in [5.41, 5.74) is 1.56. The van der Waals surface area contributed by atoms with Gasteiger partial charge in [0.05, 0.1) is 18.4 Å². The highest BCUT2D eigenvalue weighted by molar-refractivity contribution is 7.99. The van der Waals surface area contributed by atoms with Crippen LogP contribution in [0.25, 0.3) is 0 Å². The van der Waals surface area contributed by atoms with E-state index in [1.807, 2.05) is 16.0 Å². The van der Waals surface area contributed by atoms with Crippen LogP contribution in [0.2, 0.25) is 0 Å². The number of nitrogens with one attached hydrogen (secondary N) is 1. The number of allylic oxidation sites excluding steroid dienone is 1. The van der Waals surface area contributed by atoms with E-state index in [1.165, 1.54) is 40.0 Å². The van der Waals surface area contributed by atoms with Gasteiger partial charge in [-0.1, -0.05) is 30.3 Å². The van der Waals surface area contributed by atoms with E-state index in [0.29, 0.717) is 28.7 Å². The van der Waals surface area contributed by atoms with Gasteiger partial charge in [-0.05, 0) is 42.7 Å². The van der Waals surface area contributed by atoms with Crippen molar-refractivity contribution >= 4 is 51.3 Å². The molecule has 0 spiro atoms. The van der Waals surface area contributed by atoms with Crippen LogP contribution in [0.1, 0.15) is 50.8 Å². The van der Waals surface area contributed by atoms with Gasteiger partial charge in [0.25, 0.3) is 0 Å². The van der Waals surface area contributed by atoms with Gasteiger partial charge in [0.1, 0.15) is 10.8 Å². The summed E-state index contributed by atoms with van der Waals surface area (Å²) >= 11 is 4.50. The molecule has 4 rings (SSSR count). The number of nitrogens with zero attached hydrogens (tertiary/aromatic N) is 3. The number of thiophene rings is 2. The summed E-state index contributed by atoms with van der Waals surface area (Å²) in [6.07, 6.45) is 7.57. The predicted molar refractivity (Wildman–Crippen MR) is 134 cm³/mol. The Morgan fingerprint density at radius 3 is 2.91 bits per heavy atom. The summed E-state index contributed by atoms with van der Waals surface area (Å²) < 4.78 is 7.01. The van der Waals surface area contributed by atoms with Crippen molar-refractivity contribution < 1.29 is 14.3 Å². The van der Waals surface area contributed by atoms with Crippen molar-refractivity contribution in [1.82, 2.24) is 14.8 Å². The van der Waals surface area contributed by atoms with Crippen molar-refractivity contribution in [1.29, 1.82) is 0 Å². The molecule has 3 aromatic rings. The molecule has 0 aliphatic heterocycles. The van der Waals surface area contributed by atoms with Crippen LogP contribution in [0.15, 0.2) is 35.3 Å². The summed E-state index contributed by atoms with van der Waals surface area (Å²) in [6, 6.07) is 4.08. The van der Waals surface area contributed by atoms with Crippen LogP contribution >= 0.6 is 34.4 Å². The second-order valence-electron chi connectivity index (χ2n) is 7.65. The Morgan fingerprint density at radius 1 is 1.30 bits per heavy atom. The van der Waals surface area contributed by atoms with E-state index >= 15 is 0 Å². The quantitative estimate of drug-likeness (QED) is 0.193. The molecule has 1 N–H and O–H groups in total. The summed E-state index contributed by atoms with van der Waals surface area (Å²) in [6.45, 7) is 4.41. The third-order valence-corrected chi connectivity index (χ3v) is 8.46. The molecular weight excluding hydrogens is 476 g/mol. The van der Waals surface area contributed by atoms with E-state index in [1.54, 1.807) is 17.4 Å². The maximum Gasteiger partial charge on any atom is 0.341 e. The Balaban J connectivity index is 1.46. The minimum absolute atomic E-state index is 0.164. The molecule has 33 heavy (non-hydrogen) atoms. The Kier molecular flexibility index (Phi) is 8.00. The SMILES string of the molecule is C=CCn1c(Cc2cccs2)nnc1SCC(=O)Nc1sc2c(c1C(=O)OC)CCCCC2. The first kappa shape index (κ1) is 23.7. The molecule has 0 unspecified atom stereocenters. The van der Waals surface area contributed by atoms with Gasteiger partial charge in [-0.15, -0.1) is 39.4 Å². The van der Waals surface area contributed by atoms with Gasteiger partial charge in [-0.3, -0.25) is 4.79 Å². The van der Waals surface area contributed by atoms with E-state index in [0.717, 1.165) is 43.5 Å². The Hall–Kier alpha value is -2.43. The maximum absolute atomic E-state index is 12.8. The first-order valence-electron chi connectivity index (χ1n) is 10.8. The minimum Gasteiger partial charge on any atom is -0.465 e. The van der Waals surface area contributed by atoms with Gasteiger partial charge < -0.3 is 14.6 Å². The van der Waals surface area contributed by atoms with Gasteiger partial charge in [-0.25, -0.2) is 4.79 Å². The molecule has 0 radical (unpaired) electrons. The van der Waals surface area contributed by atoms with E-state index in [-0.39, 0.29) is 17.6 Å². The average molecular weight is 503 g/mol. The standard InChI is InChI=1S/C23H26N4O3S3/c1-3-11-27-18(13-15-8-7-12-31-15)25-26-23(27)32-14-19(28)24-21-20(22(29)30-2)16-9-5-4-6-10-17(16)33-21/h3,7-8,12H,1,4-6,9-11,13-14H2,2H3,(H,24,28). The molecule has 0 saturated heterocycles. The number of aromatic nitrogens is 3. The van der Waals surface area contributed by atoms with Crippen molar-refractivity contribution in [3.8, 4) is 0 Å². The van der Waals surface area contributed by atoms with E-state index in [4.69, 9.17) is 4.74 Å². The van der Waals surface area contributed by atoms with Gasteiger partial charge in [0.2, 0.25) is 5.91 Å². The number of hydrogen-bond acceptors (Lipinski definition) is 8. The number of thioether (sulfide) groups is 1. The second-order valence-corrected chi connectivity index (χ2v) is 10.7. The van der Waals surface area contributed by atoms with Crippen LogP contribution in [-0.2, 0) is 35.3 Å². The van der Waals surface area contributed by atoms with Gasteiger partial charge in [0, 0.05) is 22.7 Å². The largest absolute Gasteiger partial charge is 0.465 e. The van der Waals surface area contributed by atoms with Gasteiger partial charge in [0.15, 0.2) is 5.16 Å². The minimum atomic E-state index is -0.388. The molecule has 3 heterocycles. The van der Waals surface area contributed by atoms with E-state index < -0.39 is 0 Å². The lowest BCUT2D eigenvalue weighted by Crippen LogP contribution is -2.17. The molecule has 0 bridgehead atoms. The van der Waals surface area contributed by atoms with Crippen molar-refractivity contribution in [2.24, 2.45) is 0 Å². The van der Waals surface area contributed by atoms with Crippen LogP contribution in [0.5, 0.6) is 0 Å². The van der Waals surface area contributed by atoms with Crippen LogP contribution in [0.4, 0.5) is 5.00 Å². The van der Waals surface area contributed by atoms with Crippen LogP contribution in [0.3, 0.4) is 0 Å². The number of ether oxygens (including phenoxy) is 1. The third-order valence-electron chi connectivity index (χ3n) is 5.41. The normalized spacial score (nSPS) is 13.2. The smallest absolute Gasteiger partial charge is 0.341 e. The Labute approximate surface area is 205 Å². The summed E-state index contributed by atoms with van der Waals surface area (Å²) in [5.74, 6) is 0.434. The number of fused-ring (bicyclic) bond motifs is 1. The molecule has 1 aliphatic carbocycles. The predicted octanol–water partition coefficient (Wildman–Crippen LogP) is 4.96. The highest BCUT2D eigenvalue weighted by atomic mass is 32.2. The lowest BCUT2D eigenvalue weighted by molar-refractivity contribution is -0.113. The zero-order valence-corrected chi connectivity index (χ0v) is 20.9. The molecule has 174 valence electrons. The number of carbonyl (C=O) groups is 2. The fourth-order valence-corrected chi connectivity index (χ4v) is 6.64. The second kappa shape index (κ2) is 11.1. The van der Waals surface area contributed by atoms with Crippen molar-refractivity contribution in [2.45, 2.75) is 50.2 Å². The Bertz CT molecular complexity index is 1130. The zero-order chi connectivity index (χ0) is 23.2. The van der Waals surface area contributed by atoms with E-state index in [2.05, 4.69) is 28.2 Å². The lowest BCUT2D eigenvalue weighted by Gasteiger charge is -2.08. The number of hydrogen-bond donors (Lipinski definition) is 1. The molecule has 1 aliphatic rings. The van der Waals surface area contributed by atoms with Gasteiger partial charge >= 0.3 is 5.97 Å². The monoisotopic (exact) mass is 502 g/mol. The van der Waals surface area contributed by atoms with Crippen LogP contribution in [-0.4, -0.2) is 39.5 Å². The maximum atomic E-state index is 12.8. The van der Waals surface area contributed by atoms with E-state index in [9.17, 15) is 9.59 Å². The lowest BCUT2D eigenvalue weighted by atomic mass is 10.1. The van der Waals surface area contributed by atoms with Crippen molar-refractivity contribution in [2.75, 3.05) is 18.2 Å². The molecule has 1 amide bonds. The fraction of sp³-hybridized carbons (Fsp3) is 0.391. The number of methoxy groups -OCH3 is 1. The summed E-state index contributed by atoms with van der Waals surface area (Å²) in [5, 5.41) is 14.9. The molecule has 7 nitrogen and oxygen atoms in total. The van der Waals surface area contributed by atoms with Crippen molar-refractivity contribution in [3.05, 3.63) is 56.9 Å². The number of carbonyl (C=O) groups excluding carboxylic acids is 2.